The van der Waals surface area contributed by atoms with E-state index in [0.29, 0.717) is 34.0 Å². The van der Waals surface area contributed by atoms with Crippen LogP contribution in [0.15, 0.2) is 28.2 Å². The van der Waals surface area contributed by atoms with Crippen LogP contribution >= 0.6 is 23.1 Å². The van der Waals surface area contributed by atoms with Gasteiger partial charge in [-0.15, -0.1) is 0 Å². The second-order valence-electron chi connectivity index (χ2n) is 7.72. The first-order valence-electron chi connectivity index (χ1n) is 10.4. The number of thiazole rings is 1. The van der Waals surface area contributed by atoms with Crippen molar-refractivity contribution in [3.8, 4) is 0 Å². The van der Waals surface area contributed by atoms with Gasteiger partial charge in [-0.3, -0.25) is 14.2 Å². The average molecular weight is 480 g/mol. The number of piperidine rings is 1. The van der Waals surface area contributed by atoms with E-state index in [-0.39, 0.29) is 17.0 Å². The molecule has 1 saturated heterocycles. The van der Waals surface area contributed by atoms with Gasteiger partial charge in [-0.1, -0.05) is 30.0 Å². The molecule has 1 N–H and O–H groups in total. The van der Waals surface area contributed by atoms with Gasteiger partial charge in [0.05, 0.1) is 11.4 Å². The van der Waals surface area contributed by atoms with E-state index in [0.717, 1.165) is 55.0 Å². The highest BCUT2D eigenvalue weighted by molar-refractivity contribution is 7.99. The van der Waals surface area contributed by atoms with Crippen molar-refractivity contribution < 1.29 is 13.6 Å². The van der Waals surface area contributed by atoms with Crippen molar-refractivity contribution in [3.63, 3.8) is 0 Å². The molecule has 2 aromatic heterocycles. The third kappa shape index (κ3) is 4.78. The number of nitrogens with one attached hydrogen (secondary N) is 1. The van der Waals surface area contributed by atoms with E-state index in [1.54, 1.807) is 0 Å². The molecule has 0 aliphatic carbocycles. The molecule has 0 saturated carbocycles. The number of carbonyl (C=O) groups is 1. The third-order valence-corrected chi connectivity index (χ3v) is 7.45. The molecule has 32 heavy (non-hydrogen) atoms. The predicted octanol–water partition coefficient (Wildman–Crippen LogP) is 4.12. The molecule has 7 nitrogen and oxygen atoms in total. The van der Waals surface area contributed by atoms with Crippen molar-refractivity contribution in [3.05, 3.63) is 40.2 Å². The van der Waals surface area contributed by atoms with Crippen LogP contribution in [0.4, 0.5) is 19.6 Å². The summed E-state index contributed by atoms with van der Waals surface area (Å²) in [7, 11) is 0. The first kappa shape index (κ1) is 22.7. The van der Waals surface area contributed by atoms with Crippen LogP contribution in [0, 0.1) is 17.6 Å². The van der Waals surface area contributed by atoms with Crippen LogP contribution in [0.1, 0.15) is 26.7 Å². The van der Waals surface area contributed by atoms with Crippen molar-refractivity contribution in [2.75, 3.05) is 29.1 Å². The Morgan fingerprint density at radius 1 is 1.28 bits per heavy atom. The molecule has 1 aliphatic heterocycles. The fourth-order valence-electron chi connectivity index (χ4n) is 3.51. The zero-order chi connectivity index (χ0) is 22.8. The molecule has 4 rings (SSSR count). The number of nitrogens with zero attached hydrogens (tertiary/aromatic N) is 4. The van der Waals surface area contributed by atoms with Gasteiger partial charge in [0.15, 0.2) is 15.9 Å². The predicted molar refractivity (Wildman–Crippen MR) is 124 cm³/mol. The van der Waals surface area contributed by atoms with Crippen LogP contribution in [-0.4, -0.2) is 39.3 Å². The van der Waals surface area contributed by atoms with Gasteiger partial charge in [-0.05, 0) is 37.8 Å². The number of anilines is 2. The Labute approximate surface area is 191 Å². The first-order valence-corrected chi connectivity index (χ1v) is 12.2. The standard InChI is InChI=1S/C21H23F2N5O2S2/c1-3-28-19(30)17-18(25-20(32-17)27-8-6-12(2)7-9-27)26-21(28)31-11-16(29)24-15-5-4-13(22)10-14(15)23/h4-5,10,12H,3,6-9,11H2,1-2H3,(H,24,29). The van der Waals surface area contributed by atoms with Gasteiger partial charge in [0, 0.05) is 25.7 Å². The minimum absolute atomic E-state index is 0.0875. The van der Waals surface area contributed by atoms with Crippen LogP contribution in [0.2, 0.25) is 0 Å². The zero-order valence-electron chi connectivity index (χ0n) is 17.7. The molecule has 1 aromatic carbocycles. The van der Waals surface area contributed by atoms with E-state index >= 15 is 0 Å². The minimum atomic E-state index is -0.851. The van der Waals surface area contributed by atoms with E-state index < -0.39 is 17.5 Å². The van der Waals surface area contributed by atoms with Crippen LogP contribution in [0.5, 0.6) is 0 Å². The molecule has 0 spiro atoms. The number of carbonyl (C=O) groups excluding carboxylic acids is 1. The number of fused-ring (bicyclic) bond motifs is 1. The maximum Gasteiger partial charge on any atom is 0.273 e. The summed E-state index contributed by atoms with van der Waals surface area (Å²) in [5.41, 5.74) is 0.0956. The number of rotatable bonds is 6. The summed E-state index contributed by atoms with van der Waals surface area (Å²) < 4.78 is 28.8. The molecule has 0 unspecified atom stereocenters. The molecule has 11 heteroatoms. The van der Waals surface area contributed by atoms with Gasteiger partial charge in [0.2, 0.25) is 5.91 Å². The van der Waals surface area contributed by atoms with Gasteiger partial charge in [-0.2, -0.15) is 4.98 Å². The lowest BCUT2D eigenvalue weighted by Crippen LogP contribution is -2.32. The molecular formula is C21H23F2N5O2S2. The Morgan fingerprint density at radius 2 is 2.03 bits per heavy atom. The Kier molecular flexibility index (Phi) is 6.75. The Balaban J connectivity index is 1.52. The summed E-state index contributed by atoms with van der Waals surface area (Å²) in [6.45, 7) is 6.28. The topological polar surface area (TPSA) is 80.1 Å². The summed E-state index contributed by atoms with van der Waals surface area (Å²) in [5.74, 6) is -1.46. The second kappa shape index (κ2) is 9.53. The second-order valence-corrected chi connectivity index (χ2v) is 9.64. The smallest absolute Gasteiger partial charge is 0.273 e. The fraction of sp³-hybridized carbons (Fsp3) is 0.429. The molecule has 1 amide bonds. The van der Waals surface area contributed by atoms with Crippen molar-refractivity contribution in [2.24, 2.45) is 5.92 Å². The van der Waals surface area contributed by atoms with Crippen LogP contribution < -0.4 is 15.8 Å². The highest BCUT2D eigenvalue weighted by atomic mass is 32.2. The molecule has 3 aromatic rings. The number of hydrogen-bond acceptors (Lipinski definition) is 7. The van der Waals surface area contributed by atoms with Gasteiger partial charge in [0.25, 0.3) is 5.56 Å². The van der Waals surface area contributed by atoms with Crippen molar-refractivity contribution in [1.82, 2.24) is 14.5 Å². The third-order valence-electron chi connectivity index (χ3n) is 5.38. The summed E-state index contributed by atoms with van der Waals surface area (Å²) in [6, 6.07) is 2.94. The van der Waals surface area contributed by atoms with E-state index in [2.05, 4.69) is 27.1 Å². The van der Waals surface area contributed by atoms with E-state index in [9.17, 15) is 18.4 Å². The number of benzene rings is 1. The molecule has 1 aliphatic rings. The number of amides is 1. The normalized spacial score (nSPS) is 14.8. The number of halogens is 2. The quantitative estimate of drug-likeness (QED) is 0.423. The zero-order valence-corrected chi connectivity index (χ0v) is 19.4. The number of hydrogen-bond donors (Lipinski definition) is 1. The SMILES string of the molecule is CCn1c(SCC(=O)Nc2ccc(F)cc2F)nc2nc(N3CCC(C)CC3)sc2c1=O. The molecule has 0 atom stereocenters. The fourth-order valence-corrected chi connectivity index (χ4v) is 5.37. The lowest BCUT2D eigenvalue weighted by atomic mass is 10.00. The van der Waals surface area contributed by atoms with Gasteiger partial charge in [0.1, 0.15) is 16.3 Å². The average Bonchev–Trinajstić information content (AvgIpc) is 3.19. The highest BCUT2D eigenvalue weighted by Gasteiger charge is 2.22. The van der Waals surface area contributed by atoms with Crippen molar-refractivity contribution in [1.29, 1.82) is 0 Å². The largest absolute Gasteiger partial charge is 0.348 e. The summed E-state index contributed by atoms with van der Waals surface area (Å²) >= 11 is 2.43. The summed E-state index contributed by atoms with van der Waals surface area (Å²) in [4.78, 5) is 36.6. The first-order chi connectivity index (χ1) is 15.4. The number of thioether (sulfide) groups is 1. The molecule has 170 valence electrons. The summed E-state index contributed by atoms with van der Waals surface area (Å²) in [5, 5.41) is 3.59. The molecular weight excluding hydrogens is 456 g/mol. The van der Waals surface area contributed by atoms with Crippen molar-refractivity contribution in [2.45, 2.75) is 38.4 Å². The van der Waals surface area contributed by atoms with Gasteiger partial charge in [-0.25, -0.2) is 13.8 Å². The molecule has 3 heterocycles. The van der Waals surface area contributed by atoms with Crippen LogP contribution in [-0.2, 0) is 11.3 Å². The van der Waals surface area contributed by atoms with E-state index in [4.69, 9.17) is 0 Å². The lowest BCUT2D eigenvalue weighted by Gasteiger charge is -2.29. The monoisotopic (exact) mass is 479 g/mol. The Bertz CT molecular complexity index is 1200. The Hall–Kier alpha value is -2.53. The van der Waals surface area contributed by atoms with Gasteiger partial charge >= 0.3 is 0 Å². The number of aromatic nitrogens is 3. The minimum Gasteiger partial charge on any atom is -0.348 e. The Morgan fingerprint density at radius 3 is 2.72 bits per heavy atom. The maximum atomic E-state index is 13.8. The van der Waals surface area contributed by atoms with Crippen LogP contribution in [0.3, 0.4) is 0 Å². The van der Waals surface area contributed by atoms with Gasteiger partial charge < -0.3 is 10.2 Å². The summed E-state index contributed by atoms with van der Waals surface area (Å²) in [6.07, 6.45) is 2.18. The van der Waals surface area contributed by atoms with Crippen LogP contribution in [0.25, 0.3) is 10.3 Å². The van der Waals surface area contributed by atoms with E-state index in [1.165, 1.54) is 15.9 Å². The van der Waals surface area contributed by atoms with E-state index in [1.807, 2.05) is 6.92 Å². The molecule has 0 radical (unpaired) electrons. The maximum absolute atomic E-state index is 13.8. The van der Waals surface area contributed by atoms with Crippen molar-refractivity contribution >= 4 is 50.2 Å². The highest BCUT2D eigenvalue weighted by Crippen LogP contribution is 2.30. The lowest BCUT2D eigenvalue weighted by molar-refractivity contribution is -0.113. The molecule has 1 fully saturated rings. The molecule has 0 bridgehead atoms.